The number of benzene rings is 4. The maximum absolute atomic E-state index is 14.8. The van der Waals surface area contributed by atoms with E-state index in [1.165, 1.54) is 25.7 Å². The van der Waals surface area contributed by atoms with Crippen molar-refractivity contribution >= 4 is 79.2 Å². The van der Waals surface area contributed by atoms with Crippen LogP contribution in [0.25, 0.3) is 10.8 Å². The molecule has 3 fully saturated rings. The molecule has 0 radical (unpaired) electrons. The summed E-state index contributed by atoms with van der Waals surface area (Å²) < 4.78 is 63.3. The summed E-state index contributed by atoms with van der Waals surface area (Å²) in [5, 5.41) is 261. The summed E-state index contributed by atoms with van der Waals surface area (Å²) in [5.74, 6) is -6.90. The van der Waals surface area contributed by atoms with Gasteiger partial charge in [-0.25, -0.2) is 13.1 Å². The van der Waals surface area contributed by atoms with E-state index in [2.05, 4.69) is 32.1 Å². The van der Waals surface area contributed by atoms with Gasteiger partial charge in [-0.2, -0.15) is 0 Å². The minimum Gasteiger partial charge on any atom is -0.394 e. The van der Waals surface area contributed by atoms with Gasteiger partial charge < -0.3 is 191 Å². The molecule has 10 aliphatic heterocycles. The Labute approximate surface area is 821 Å². The van der Waals surface area contributed by atoms with Gasteiger partial charge in [0.25, 0.3) is 17.7 Å². The minimum atomic E-state index is -4.26. The van der Waals surface area contributed by atoms with Crippen molar-refractivity contribution in [2.45, 2.75) is 241 Å². The smallest absolute Gasteiger partial charge is 0.251 e. The summed E-state index contributed by atoms with van der Waals surface area (Å²) in [6, 6.07) is 22.6. The van der Waals surface area contributed by atoms with Crippen molar-refractivity contribution in [2.24, 2.45) is 5.92 Å². The predicted molar refractivity (Wildman–Crippen MR) is 498 cm³/mol. The molecule has 792 valence electrons. The molecule has 28 N–H and O–H groups in total. The van der Waals surface area contributed by atoms with E-state index in [1.807, 2.05) is 25.1 Å². The van der Waals surface area contributed by atoms with Crippen LogP contribution in [0.3, 0.4) is 0 Å². The average molecular weight is 2040 g/mol. The fourth-order valence-electron chi connectivity index (χ4n) is 16.9. The number of anilines is 3. The number of aliphatic hydroxyl groups excluding tert-OH is 24. The highest BCUT2D eigenvalue weighted by molar-refractivity contribution is 7.89. The summed E-state index contributed by atoms with van der Waals surface area (Å²) >= 11 is 0. The first-order chi connectivity index (χ1) is 68.1. The number of fused-ring (bicyclic) bond motifs is 1. The minimum absolute atomic E-state index is 0.000254. The van der Waals surface area contributed by atoms with Gasteiger partial charge in [0.2, 0.25) is 33.7 Å². The first-order valence-corrected chi connectivity index (χ1v) is 48.1. The number of hydrogen-bond donors (Lipinski definition) is 28. The molecule has 16 rings (SSSR count). The lowest BCUT2D eigenvalue weighted by Gasteiger charge is -2.42. The van der Waals surface area contributed by atoms with E-state index in [0.29, 0.717) is 33.2 Å². The molecule has 4 aromatic carbocycles. The molecule has 2 aliphatic carbocycles. The molecule has 3 saturated heterocycles. The maximum atomic E-state index is 14.8. The van der Waals surface area contributed by atoms with Gasteiger partial charge in [-0.3, -0.25) is 33.6 Å². The summed E-state index contributed by atoms with van der Waals surface area (Å²) in [4.78, 5) is 107. The Hall–Kier alpha value is -9.54. The lowest BCUT2D eigenvalue weighted by molar-refractivity contribution is -0.326. The lowest BCUT2D eigenvalue weighted by atomic mass is 9.96. The number of carbonyl (C=O) groups is 7. The molecule has 4 aromatic rings. The van der Waals surface area contributed by atoms with Crippen molar-refractivity contribution in [3.63, 3.8) is 0 Å². The van der Waals surface area contributed by atoms with Crippen molar-refractivity contribution in [2.75, 3.05) is 121 Å². The van der Waals surface area contributed by atoms with Crippen LogP contribution in [0.5, 0.6) is 0 Å². The Morgan fingerprint density at radius 2 is 0.832 bits per heavy atom. The van der Waals surface area contributed by atoms with Crippen LogP contribution in [0.2, 0.25) is 0 Å². The second-order valence-corrected chi connectivity index (χ2v) is 37.2. The zero-order valence-electron chi connectivity index (χ0n) is 78.3. The molecule has 48 nitrogen and oxygen atoms in total. The number of rotatable bonds is 39. The maximum Gasteiger partial charge on any atom is 0.251 e. The van der Waals surface area contributed by atoms with Crippen LogP contribution in [0.1, 0.15) is 62.5 Å². The summed E-state index contributed by atoms with van der Waals surface area (Å²) in [6.45, 7) is -8.49. The van der Waals surface area contributed by atoms with E-state index in [0.717, 1.165) is 5.69 Å². The van der Waals surface area contributed by atoms with Gasteiger partial charge >= 0.3 is 0 Å². The molecule has 12 aliphatic rings. The molecule has 0 aromatic heterocycles. The Morgan fingerprint density at radius 1 is 0.441 bits per heavy atom. The predicted octanol–water partition coefficient (Wildman–Crippen LogP) is -10.5. The van der Waals surface area contributed by atoms with Gasteiger partial charge in [0.05, 0.1) is 56.3 Å². The molecule has 49 heteroatoms. The standard InChI is InChI=1S/C94H131N9O39S/c1-99(2)59-11-7-10-58-57(59)9-8-12-66(58)143(135,136)98-36-32-70(116)103-40-6-5-39-102(69(115)31-35-97-91(134)82(128)79(125)88(62(112)45-106)142-94-85(131)76(122)73(119)65(48-109)139-94)55-25-15-50(16-26-55)41-49-13-21-53(22-14-49)100(67(113)29-33-95-89(132)80(126)77(123)86(60(110)43-104)140-92-83(129)74(120)71(117)63(46-107)137-92)37-3-4-38-101(54-23-17-51(18-24-54)42-52-19-27-56(103)28-20-52)68(114)30-34-96-90(133)81(127)78(124)87(61(111)44-105)141-93-84(130)75(121)72(118)64(47-108)138-93/h7-19,21-25,27-28,50,56,60-65,71-88,92-94,98,104-112,117-131H,3-6,29-48H2,1-2H3,(H,95,132)(H,96,133)(H,97,134)/t50?,56?,60-,61-,62-,63+,64+,65+,71-,72-,73-,74-,75-,76-,77+,78+,79+,80-,81-,82-,83+,84+,85+,86-,87-,88-,92-,93-,94-/m0/s1. The van der Waals surface area contributed by atoms with Gasteiger partial charge in [-0.1, -0.05) is 72.5 Å². The second-order valence-electron chi connectivity index (χ2n) is 35.5. The van der Waals surface area contributed by atoms with Crippen LogP contribution in [0.15, 0.2) is 149 Å². The largest absolute Gasteiger partial charge is 0.394 e. The molecule has 7 amide bonds. The van der Waals surface area contributed by atoms with Crippen molar-refractivity contribution in [3.05, 3.63) is 155 Å². The number of nitrogens with zero attached hydrogens (tertiary/aromatic N) is 5. The van der Waals surface area contributed by atoms with Crippen molar-refractivity contribution in [3.8, 4) is 0 Å². The Kier molecular flexibility index (Phi) is 43.8. The van der Waals surface area contributed by atoms with Gasteiger partial charge in [-0.15, -0.1) is 5.73 Å². The quantitative estimate of drug-likeness (QED) is 0.0185. The molecule has 0 spiro atoms. The van der Waals surface area contributed by atoms with Gasteiger partial charge in [0.1, 0.15) is 128 Å². The number of hydrogen-bond acceptors (Lipinski definition) is 40. The summed E-state index contributed by atoms with van der Waals surface area (Å²) in [6.07, 6.45) is -46.9. The second kappa shape index (κ2) is 54.2. The van der Waals surface area contributed by atoms with Crippen LogP contribution in [-0.4, -0.2) is 460 Å². The molecule has 2 unspecified atom stereocenters. The Balaban J connectivity index is 0.924. The van der Waals surface area contributed by atoms with Gasteiger partial charge in [0.15, 0.2) is 37.2 Å². The highest BCUT2D eigenvalue weighted by Crippen LogP contribution is 2.35. The van der Waals surface area contributed by atoms with Gasteiger partial charge in [-0.05, 0) is 103 Å². The van der Waals surface area contributed by atoms with Crippen LogP contribution < -0.4 is 35.4 Å². The molecule has 143 heavy (non-hydrogen) atoms. The summed E-state index contributed by atoms with van der Waals surface area (Å²) in [5.41, 5.74) is 9.96. The number of amides is 7. The first kappa shape index (κ1) is 115. The normalized spacial score (nSPS) is 27.3. The van der Waals surface area contributed by atoms with E-state index < -0.39 is 307 Å². The topological polar surface area (TPSA) is 759 Å². The molecule has 29 atom stereocenters. The van der Waals surface area contributed by atoms with E-state index in [4.69, 9.17) is 28.4 Å². The molecule has 10 heterocycles. The monoisotopic (exact) mass is 2040 g/mol. The highest BCUT2D eigenvalue weighted by Gasteiger charge is 2.52. The Morgan fingerprint density at radius 3 is 1.22 bits per heavy atom. The van der Waals surface area contributed by atoms with Crippen molar-refractivity contribution in [1.82, 2.24) is 30.5 Å². The fraction of sp³-hybridized carbons (Fsp3) is 0.585. The molecular weight excluding hydrogens is 1910 g/mol. The lowest BCUT2D eigenvalue weighted by Crippen LogP contribution is -2.62. The first-order valence-electron chi connectivity index (χ1n) is 46.6. The Bertz CT molecular complexity index is 5190. The van der Waals surface area contributed by atoms with E-state index in [9.17, 15) is 165 Å². The molecule has 0 saturated carbocycles. The number of ether oxygens (including phenoxy) is 6. The zero-order valence-corrected chi connectivity index (χ0v) is 79.1. The summed E-state index contributed by atoms with van der Waals surface area (Å²) in [7, 11) is -0.622. The van der Waals surface area contributed by atoms with E-state index >= 15 is 0 Å². The number of sulfonamides is 1. The van der Waals surface area contributed by atoms with Crippen molar-refractivity contribution in [1.29, 1.82) is 0 Å². The van der Waals surface area contributed by atoms with Crippen LogP contribution in [-0.2, 0) is 84.8 Å². The van der Waals surface area contributed by atoms with Crippen LogP contribution in [0.4, 0.5) is 17.1 Å². The molecular formula is C94H131N9O39S. The average Bonchev–Trinajstić information content (AvgIpc) is 0.654. The third-order valence-corrected chi connectivity index (χ3v) is 26.8. The van der Waals surface area contributed by atoms with E-state index in [-0.39, 0.29) is 93.9 Å². The third kappa shape index (κ3) is 29.7. The highest BCUT2D eigenvalue weighted by atomic mass is 32.2. The molecule has 8 bridgehead atoms. The fourth-order valence-corrected chi connectivity index (χ4v) is 18.2. The van der Waals surface area contributed by atoms with Crippen molar-refractivity contribution < 1.29 is 193 Å². The van der Waals surface area contributed by atoms with Crippen LogP contribution in [0, 0.1) is 5.92 Å². The van der Waals surface area contributed by atoms with E-state index in [1.54, 1.807) is 109 Å². The third-order valence-electron chi connectivity index (χ3n) is 25.2. The van der Waals surface area contributed by atoms with Gasteiger partial charge in [0, 0.05) is 132 Å². The number of carbonyl (C=O) groups excluding carboxylic acids is 7. The number of aliphatic hydroxyl groups is 24. The zero-order chi connectivity index (χ0) is 105. The SMILES string of the molecule is CN(C)c1cccc2c(S(=O)(=O)NCCC(=O)N3CCCCN(C(=O)CCNC(=O)[C@@H](O)[C@@H](O)[C@@H](O[C@@H]4O[C@H](CO)[C@H](O)[C@H](O)[C@H]4O)[C@@H](O)CO)C4=C=CC(C=C4)Cc4ccc(cc4)N(C(=O)CCNC(=O)[C@@H](O)[C@@H](O)[C@@H](O[C@@H]4O[C@H](CO)[C@H](O)[C@H](O)[C@H]4O)[C@@H](O)CO)CCCCN(C(=O)CCNC(=O)[C@@H](O)[C@@H](O)[C@@H](O[C@@H]4O[C@H](CO)[C@H](O)[C@H](O)[C@H]4O)[C@@H](O)CO)c4ccc(cc4)CC4=C=CC3C=C4)cccc12. The number of nitrogens with one attached hydrogen (secondary N) is 4. The number of allylic oxidation sites excluding steroid dienone is 3. The van der Waals surface area contributed by atoms with Crippen LogP contribution >= 0.6 is 0 Å².